The number of amides is 1. The molecule has 0 radical (unpaired) electrons. The number of ether oxygens (including phenoxy) is 1. The van der Waals surface area contributed by atoms with Crippen LogP contribution in [-0.2, 0) is 11.0 Å². The van der Waals surface area contributed by atoms with Gasteiger partial charge >= 0.3 is 6.18 Å². The van der Waals surface area contributed by atoms with Crippen LogP contribution >= 0.6 is 0 Å². The quantitative estimate of drug-likeness (QED) is 0.373. The summed E-state index contributed by atoms with van der Waals surface area (Å²) in [4.78, 5) is 10.8. The van der Waals surface area contributed by atoms with E-state index in [0.29, 0.717) is 0 Å². The van der Waals surface area contributed by atoms with E-state index < -0.39 is 17.6 Å². The number of benzene rings is 1. The van der Waals surface area contributed by atoms with Gasteiger partial charge in [0.05, 0.1) is 23.8 Å². The summed E-state index contributed by atoms with van der Waals surface area (Å²) in [6.45, 7) is -0.0671. The smallest absolute Gasteiger partial charge is 0.420 e. The summed E-state index contributed by atoms with van der Waals surface area (Å²) < 4.78 is 43.4. The van der Waals surface area contributed by atoms with Gasteiger partial charge < -0.3 is 4.74 Å². The van der Waals surface area contributed by atoms with Crippen LogP contribution in [0.4, 0.5) is 13.2 Å². The van der Waals surface area contributed by atoms with E-state index in [-0.39, 0.29) is 30.8 Å². The van der Waals surface area contributed by atoms with Crippen LogP contribution in [0.5, 0.6) is 5.75 Å². The molecule has 0 atom stereocenters. The minimum atomic E-state index is -4.61. The number of nitriles is 1. The third-order valence-corrected chi connectivity index (χ3v) is 2.38. The van der Waals surface area contributed by atoms with Gasteiger partial charge in [-0.2, -0.15) is 18.4 Å². The number of nitrogens with one attached hydrogen (secondary N) is 1. The number of rotatable bonds is 5. The number of hydrazine groups is 1. The van der Waals surface area contributed by atoms with Crippen molar-refractivity contribution in [1.82, 2.24) is 5.43 Å². The second-order valence-electron chi connectivity index (χ2n) is 3.84. The summed E-state index contributed by atoms with van der Waals surface area (Å²) >= 11 is 0. The second-order valence-corrected chi connectivity index (χ2v) is 3.84. The summed E-state index contributed by atoms with van der Waals surface area (Å²) in [6.07, 6.45) is -4.34. The molecule has 0 spiro atoms. The van der Waals surface area contributed by atoms with Crippen LogP contribution in [0.1, 0.15) is 24.0 Å². The fraction of sp³-hybridized carbons (Fsp3) is 0.333. The van der Waals surface area contributed by atoms with E-state index in [1.54, 1.807) is 6.07 Å². The topological polar surface area (TPSA) is 88.1 Å². The zero-order chi connectivity index (χ0) is 15.2. The first-order valence-corrected chi connectivity index (χ1v) is 5.62. The maximum atomic E-state index is 12.8. The van der Waals surface area contributed by atoms with Crippen molar-refractivity contribution in [3.8, 4) is 11.8 Å². The van der Waals surface area contributed by atoms with Gasteiger partial charge in [0.25, 0.3) is 0 Å². The van der Waals surface area contributed by atoms with Crippen molar-refractivity contribution in [3.05, 3.63) is 29.3 Å². The predicted molar refractivity (Wildman–Crippen MR) is 63.2 cm³/mol. The monoisotopic (exact) mass is 287 g/mol. The lowest BCUT2D eigenvalue weighted by Crippen LogP contribution is -2.30. The first-order valence-electron chi connectivity index (χ1n) is 5.62. The number of nitrogens with zero attached hydrogens (tertiary/aromatic N) is 1. The number of nitrogens with two attached hydrogens (primary N) is 1. The first kappa shape index (κ1) is 15.8. The first-order chi connectivity index (χ1) is 9.38. The van der Waals surface area contributed by atoms with E-state index in [1.807, 2.05) is 5.43 Å². The maximum absolute atomic E-state index is 12.8. The molecule has 0 heterocycles. The van der Waals surface area contributed by atoms with Crippen molar-refractivity contribution in [2.24, 2.45) is 5.84 Å². The molecule has 1 aromatic rings. The maximum Gasteiger partial charge on any atom is 0.420 e. The Labute approximate surface area is 113 Å². The molecule has 5 nitrogen and oxygen atoms in total. The van der Waals surface area contributed by atoms with E-state index in [4.69, 9.17) is 15.8 Å². The number of alkyl halides is 3. The molecule has 1 amide bonds. The van der Waals surface area contributed by atoms with E-state index in [2.05, 4.69) is 0 Å². The van der Waals surface area contributed by atoms with E-state index in [1.165, 1.54) is 6.07 Å². The van der Waals surface area contributed by atoms with E-state index in [9.17, 15) is 18.0 Å². The van der Waals surface area contributed by atoms with Crippen LogP contribution in [-0.4, -0.2) is 12.5 Å². The van der Waals surface area contributed by atoms with Gasteiger partial charge in [-0.3, -0.25) is 10.2 Å². The Morgan fingerprint density at radius 2 is 2.15 bits per heavy atom. The summed E-state index contributed by atoms with van der Waals surface area (Å²) in [5.74, 6) is 4.06. The molecule has 0 aliphatic heterocycles. The van der Waals surface area contributed by atoms with Crippen LogP contribution in [0.2, 0.25) is 0 Å². The molecule has 0 aliphatic rings. The van der Waals surface area contributed by atoms with Crippen molar-refractivity contribution in [2.45, 2.75) is 19.0 Å². The van der Waals surface area contributed by atoms with Gasteiger partial charge in [0.2, 0.25) is 5.91 Å². The Kier molecular flexibility index (Phi) is 5.34. The van der Waals surface area contributed by atoms with Gasteiger partial charge in [-0.1, -0.05) is 0 Å². The summed E-state index contributed by atoms with van der Waals surface area (Å²) in [5.41, 5.74) is 0.785. The van der Waals surface area contributed by atoms with Gasteiger partial charge in [0, 0.05) is 6.42 Å². The van der Waals surface area contributed by atoms with Crippen LogP contribution in [0.3, 0.4) is 0 Å². The van der Waals surface area contributed by atoms with E-state index in [0.717, 1.165) is 12.1 Å². The lowest BCUT2D eigenvalue weighted by atomic mass is 10.1. The Bertz CT molecular complexity index is 524. The molecule has 0 saturated heterocycles. The van der Waals surface area contributed by atoms with Crippen molar-refractivity contribution in [3.63, 3.8) is 0 Å². The predicted octanol–water partition coefficient (Wildman–Crippen LogP) is 1.73. The SMILES string of the molecule is N#Cc1ccc(OCCCC(=O)NN)c(C(F)(F)F)c1. The molecule has 3 N–H and O–H groups in total. The fourth-order valence-corrected chi connectivity index (χ4v) is 1.43. The van der Waals surface area contributed by atoms with Gasteiger partial charge in [0.15, 0.2) is 0 Å². The molecule has 0 bridgehead atoms. The molecule has 0 aliphatic carbocycles. The third kappa shape index (κ3) is 4.44. The Hall–Kier alpha value is -2.27. The molecule has 1 aromatic carbocycles. The highest BCUT2D eigenvalue weighted by Crippen LogP contribution is 2.36. The van der Waals surface area contributed by atoms with E-state index >= 15 is 0 Å². The normalized spacial score (nSPS) is 10.8. The Balaban J connectivity index is 2.75. The molecule has 8 heteroatoms. The number of carbonyl (C=O) groups is 1. The summed E-state index contributed by atoms with van der Waals surface area (Å²) in [6, 6.07) is 4.68. The van der Waals surface area contributed by atoms with Gasteiger partial charge in [0.1, 0.15) is 5.75 Å². The molecule has 20 heavy (non-hydrogen) atoms. The summed E-state index contributed by atoms with van der Waals surface area (Å²) in [5, 5.41) is 8.61. The van der Waals surface area contributed by atoms with Gasteiger partial charge in [-0.25, -0.2) is 5.84 Å². The molecular formula is C12H12F3N3O2. The molecule has 0 aromatic heterocycles. The van der Waals surface area contributed by atoms with Gasteiger partial charge in [-0.15, -0.1) is 0 Å². The van der Waals surface area contributed by atoms with Crippen LogP contribution < -0.4 is 16.0 Å². The van der Waals surface area contributed by atoms with Crippen molar-refractivity contribution < 1.29 is 22.7 Å². The molecule has 0 fully saturated rings. The summed E-state index contributed by atoms with van der Waals surface area (Å²) in [7, 11) is 0. The zero-order valence-electron chi connectivity index (χ0n) is 10.3. The molecule has 0 unspecified atom stereocenters. The Morgan fingerprint density at radius 1 is 1.45 bits per heavy atom. The lowest BCUT2D eigenvalue weighted by molar-refractivity contribution is -0.139. The van der Waals surface area contributed by atoms with Crippen molar-refractivity contribution in [1.29, 1.82) is 5.26 Å². The number of hydrogen-bond acceptors (Lipinski definition) is 4. The highest BCUT2D eigenvalue weighted by molar-refractivity contribution is 5.75. The van der Waals surface area contributed by atoms with Crippen molar-refractivity contribution >= 4 is 5.91 Å². The van der Waals surface area contributed by atoms with Crippen LogP contribution in [0, 0.1) is 11.3 Å². The highest BCUT2D eigenvalue weighted by atomic mass is 19.4. The number of hydrogen-bond donors (Lipinski definition) is 2. The standard InChI is InChI=1S/C12H12F3N3O2/c13-12(14,15)9-6-8(7-16)3-4-10(9)20-5-1-2-11(19)18-17/h3-4,6H,1-2,5,17H2,(H,18,19). The van der Waals surface area contributed by atoms with Crippen LogP contribution in [0.25, 0.3) is 0 Å². The van der Waals surface area contributed by atoms with Crippen molar-refractivity contribution in [2.75, 3.05) is 6.61 Å². The lowest BCUT2D eigenvalue weighted by Gasteiger charge is -2.14. The fourth-order valence-electron chi connectivity index (χ4n) is 1.43. The minimum absolute atomic E-state index is 0.0497. The highest BCUT2D eigenvalue weighted by Gasteiger charge is 2.34. The second kappa shape index (κ2) is 6.77. The van der Waals surface area contributed by atoms with Gasteiger partial charge in [-0.05, 0) is 24.6 Å². The zero-order valence-corrected chi connectivity index (χ0v) is 10.3. The molecule has 0 saturated carbocycles. The largest absolute Gasteiger partial charge is 0.493 e. The minimum Gasteiger partial charge on any atom is -0.493 e. The van der Waals surface area contributed by atoms with Crippen LogP contribution in [0.15, 0.2) is 18.2 Å². The average Bonchev–Trinajstić information content (AvgIpc) is 2.42. The third-order valence-electron chi connectivity index (χ3n) is 2.38. The average molecular weight is 287 g/mol. The molecule has 1 rings (SSSR count). The number of carbonyl (C=O) groups excluding carboxylic acids is 1. The molecular weight excluding hydrogens is 275 g/mol. The molecule has 108 valence electrons. The Morgan fingerprint density at radius 3 is 2.70 bits per heavy atom. The number of halogens is 3.